The Morgan fingerprint density at radius 2 is 1.16 bits per heavy atom. The zero-order chi connectivity index (χ0) is 57.4. The zero-order valence-electron chi connectivity index (χ0n) is 43.3. The lowest BCUT2D eigenvalue weighted by Gasteiger charge is -2.32. The number of phenols is 1. The molecule has 2 rings (SSSR count). The molecule has 0 unspecified atom stereocenters. The van der Waals surface area contributed by atoms with E-state index >= 15 is 0 Å². The number of likely N-dealkylation sites (tertiary alicyclic amines) is 1. The first-order chi connectivity index (χ1) is 35.7. The van der Waals surface area contributed by atoms with E-state index in [1.54, 1.807) is 27.7 Å². The normalized spacial score (nSPS) is 16.7. The number of unbranched alkanes of at least 4 members (excludes halogenated alkanes) is 1. The Morgan fingerprint density at radius 1 is 0.645 bits per heavy atom. The van der Waals surface area contributed by atoms with Gasteiger partial charge in [0.25, 0.3) is 0 Å². The molecule has 0 aromatic heterocycles. The average molecular weight is 1080 g/mol. The molecule has 20 N–H and O–H groups in total. The summed E-state index contributed by atoms with van der Waals surface area (Å²) in [6.07, 6.45) is -0.994. The van der Waals surface area contributed by atoms with Crippen molar-refractivity contribution in [3.63, 3.8) is 0 Å². The number of aliphatic hydroxyl groups excluding tert-OH is 1. The number of carboxylic acids is 1. The summed E-state index contributed by atoms with van der Waals surface area (Å²) in [7, 11) is 0. The Hall–Kier alpha value is -7.46. The number of hydrogen-bond acceptors (Lipinski definition) is 16. The van der Waals surface area contributed by atoms with Crippen LogP contribution in [0.5, 0.6) is 5.75 Å². The van der Waals surface area contributed by atoms with Crippen molar-refractivity contribution in [1.29, 1.82) is 0 Å². The molecule has 0 radical (unpaired) electrons. The summed E-state index contributed by atoms with van der Waals surface area (Å²) in [6.45, 7) is 6.06. The molecule has 0 spiro atoms. The molecule has 0 aliphatic carbocycles. The van der Waals surface area contributed by atoms with Gasteiger partial charge >= 0.3 is 5.97 Å². The second-order valence-corrected chi connectivity index (χ2v) is 19.1. The molecule has 424 valence electrons. The number of carboxylic acid groups (broad SMARTS) is 1. The summed E-state index contributed by atoms with van der Waals surface area (Å²) >= 11 is 0. The molecule has 11 amide bonds. The fourth-order valence-electron chi connectivity index (χ4n) is 8.01. The van der Waals surface area contributed by atoms with Gasteiger partial charge in [-0.25, -0.2) is 4.79 Å². The van der Waals surface area contributed by atoms with Gasteiger partial charge in [-0.2, -0.15) is 0 Å². The fourth-order valence-corrected chi connectivity index (χ4v) is 8.01. The van der Waals surface area contributed by atoms with E-state index in [4.69, 9.17) is 28.7 Å². The number of carbonyl (C=O) groups is 12. The number of primary amides is 3. The van der Waals surface area contributed by atoms with Crippen LogP contribution in [-0.2, 0) is 64.0 Å². The van der Waals surface area contributed by atoms with E-state index in [0.717, 1.165) is 0 Å². The fraction of sp³-hybridized carbons (Fsp3) is 0.625. The van der Waals surface area contributed by atoms with Crippen molar-refractivity contribution >= 4 is 70.9 Å². The highest BCUT2D eigenvalue weighted by Crippen LogP contribution is 2.22. The van der Waals surface area contributed by atoms with Gasteiger partial charge in [-0.15, -0.1) is 0 Å². The van der Waals surface area contributed by atoms with Crippen LogP contribution in [0.15, 0.2) is 24.3 Å². The summed E-state index contributed by atoms with van der Waals surface area (Å²) in [5.41, 5.74) is 27.5. The van der Waals surface area contributed by atoms with E-state index in [2.05, 4.69) is 37.2 Å². The summed E-state index contributed by atoms with van der Waals surface area (Å²) in [5, 5.41) is 46.4. The Labute approximate surface area is 439 Å². The van der Waals surface area contributed by atoms with Crippen LogP contribution in [-0.4, -0.2) is 165 Å². The van der Waals surface area contributed by atoms with Crippen LogP contribution < -0.4 is 65.9 Å². The highest BCUT2D eigenvalue weighted by Gasteiger charge is 2.41. The lowest BCUT2D eigenvalue weighted by atomic mass is 9.95. The number of aliphatic carboxylic acids is 1. The minimum atomic E-state index is -1.79. The van der Waals surface area contributed by atoms with Crippen LogP contribution in [0.3, 0.4) is 0 Å². The SMILES string of the molecule is CC[C@H](C)[C@H](NC(=O)[C@@H]1CCCN1C(=O)[C@H](Cc1ccc(O)cc1)NC(=O)[C@H](CC(N)=O)NC(=O)[C@H](CCC(N)=O)NC(=O)[C@@H](N)CO)C(=O)N[C@H](C(=O)N[C@@H](CCC(N)=O)C(=O)N[C@@H](CCCCN)C(=O)O)C(C)C. The van der Waals surface area contributed by atoms with E-state index in [0.29, 0.717) is 31.4 Å². The second kappa shape index (κ2) is 32.1. The van der Waals surface area contributed by atoms with Crippen LogP contribution in [0.4, 0.5) is 0 Å². The monoisotopic (exact) mass is 1080 g/mol. The van der Waals surface area contributed by atoms with Gasteiger partial charge in [-0.05, 0) is 81.0 Å². The van der Waals surface area contributed by atoms with Gasteiger partial charge in [0.15, 0.2) is 0 Å². The van der Waals surface area contributed by atoms with Crippen LogP contribution in [0, 0.1) is 11.8 Å². The van der Waals surface area contributed by atoms with Crippen molar-refractivity contribution in [2.45, 2.75) is 159 Å². The van der Waals surface area contributed by atoms with Gasteiger partial charge in [0.05, 0.1) is 13.0 Å². The minimum Gasteiger partial charge on any atom is -0.508 e. The van der Waals surface area contributed by atoms with Crippen molar-refractivity contribution in [2.24, 2.45) is 40.5 Å². The van der Waals surface area contributed by atoms with Crippen LogP contribution in [0.25, 0.3) is 0 Å². The molecule has 1 aromatic rings. The van der Waals surface area contributed by atoms with Crippen molar-refractivity contribution in [3.05, 3.63) is 29.8 Å². The van der Waals surface area contributed by atoms with Gasteiger partial charge in [0, 0.05) is 25.8 Å². The van der Waals surface area contributed by atoms with E-state index in [9.17, 15) is 72.9 Å². The van der Waals surface area contributed by atoms with Gasteiger partial charge < -0.3 is 86.1 Å². The van der Waals surface area contributed by atoms with Crippen molar-refractivity contribution in [2.75, 3.05) is 19.7 Å². The maximum Gasteiger partial charge on any atom is 0.326 e. The largest absolute Gasteiger partial charge is 0.508 e. The van der Waals surface area contributed by atoms with Crippen LogP contribution >= 0.6 is 0 Å². The molecule has 1 saturated heterocycles. The Morgan fingerprint density at radius 3 is 1.66 bits per heavy atom. The molecule has 28 heteroatoms. The predicted molar refractivity (Wildman–Crippen MR) is 271 cm³/mol. The molecule has 1 aliphatic rings. The number of carbonyl (C=O) groups excluding carboxylic acids is 11. The number of amides is 11. The number of nitrogens with one attached hydrogen (secondary N) is 7. The van der Waals surface area contributed by atoms with Gasteiger partial charge in [-0.3, -0.25) is 52.7 Å². The molecule has 0 bridgehead atoms. The number of nitrogens with zero attached hydrogens (tertiary/aromatic N) is 1. The molecule has 1 aromatic carbocycles. The lowest BCUT2D eigenvalue weighted by Crippen LogP contribution is -2.62. The van der Waals surface area contributed by atoms with Gasteiger partial charge in [0.1, 0.15) is 60.1 Å². The number of hydrogen-bond donors (Lipinski definition) is 15. The Bertz CT molecular complexity index is 2220. The summed E-state index contributed by atoms with van der Waals surface area (Å²) in [4.78, 5) is 159. The smallest absolute Gasteiger partial charge is 0.326 e. The number of aliphatic hydroxyl groups is 1. The second-order valence-electron chi connectivity index (χ2n) is 19.1. The molecule has 0 saturated carbocycles. The Kier molecular flexibility index (Phi) is 27.3. The first kappa shape index (κ1) is 64.7. The molecular weight excluding hydrogens is 999 g/mol. The topological polar surface area (TPSA) is 483 Å². The van der Waals surface area contributed by atoms with Gasteiger partial charge in [-0.1, -0.05) is 46.2 Å². The number of rotatable bonds is 34. The molecule has 1 aliphatic heterocycles. The average Bonchev–Trinajstić information content (AvgIpc) is 3.86. The molecule has 28 nitrogen and oxygen atoms in total. The number of nitrogens with two attached hydrogens (primary N) is 5. The third kappa shape index (κ3) is 21.4. The third-order valence-electron chi connectivity index (χ3n) is 12.6. The zero-order valence-corrected chi connectivity index (χ0v) is 43.3. The lowest BCUT2D eigenvalue weighted by molar-refractivity contribution is -0.143. The first-order valence-electron chi connectivity index (χ1n) is 25.1. The minimum absolute atomic E-state index is 0.0151. The standard InChI is InChI=1S/C48H77N13O15/c1-5-25(4)39(46(73)59-38(24(2)3)45(72)55-30(16-18-36(52)65)41(68)56-31(48(75)76)9-6-7-19-49)60-44(71)34-10-8-20-61(34)47(74)33(21-26-11-13-27(63)14-12-26)58-43(70)32(22-37(53)66)57-42(69)29(15-17-35(51)64)54-40(67)28(50)23-62/h11-14,24-25,28-34,38-39,62-63H,5-10,15-23,49-50H2,1-4H3,(H2,51,64)(H2,52,65)(H2,53,66)(H,54,67)(H,55,72)(H,56,68)(H,57,69)(H,58,70)(H,59,73)(H,60,71)(H,75,76)/t25-,28-,29-,30-,31-,32-,33-,34-,38-,39-/m0/s1. The van der Waals surface area contributed by atoms with Crippen molar-refractivity contribution < 1.29 is 72.9 Å². The van der Waals surface area contributed by atoms with E-state index in [1.807, 2.05) is 0 Å². The van der Waals surface area contributed by atoms with Crippen LogP contribution in [0.1, 0.15) is 104 Å². The molecule has 10 atom stereocenters. The molecule has 1 fully saturated rings. The number of phenolic OH excluding ortho intramolecular Hbond substituents is 1. The van der Waals surface area contributed by atoms with Crippen molar-refractivity contribution in [1.82, 2.24) is 42.1 Å². The maximum absolute atomic E-state index is 14.6. The number of aromatic hydroxyl groups is 1. The quantitative estimate of drug-likeness (QED) is 0.0287. The third-order valence-corrected chi connectivity index (χ3v) is 12.6. The molecule has 1 heterocycles. The summed E-state index contributed by atoms with van der Waals surface area (Å²) < 4.78 is 0. The maximum atomic E-state index is 14.6. The van der Waals surface area contributed by atoms with Gasteiger partial charge in [0.2, 0.25) is 65.0 Å². The highest BCUT2D eigenvalue weighted by molar-refractivity contribution is 5.99. The number of benzene rings is 1. The van der Waals surface area contributed by atoms with E-state index in [-0.39, 0.29) is 50.8 Å². The molecular formula is C48H77N13O15. The van der Waals surface area contributed by atoms with Crippen LogP contribution in [0.2, 0.25) is 0 Å². The highest BCUT2D eigenvalue weighted by atomic mass is 16.4. The summed E-state index contributed by atoms with van der Waals surface area (Å²) in [5.74, 6) is -12.8. The van der Waals surface area contributed by atoms with Crippen molar-refractivity contribution in [3.8, 4) is 5.75 Å². The molecule has 76 heavy (non-hydrogen) atoms. The van der Waals surface area contributed by atoms with E-state index < -0.39 is 163 Å². The van der Waals surface area contributed by atoms with E-state index in [1.165, 1.54) is 29.2 Å². The Balaban J connectivity index is 2.45. The summed E-state index contributed by atoms with van der Waals surface area (Å²) in [6, 6.07) is -7.48. The predicted octanol–water partition coefficient (Wildman–Crippen LogP) is -5.04. The first-order valence-corrected chi connectivity index (χ1v) is 25.1.